The molecule has 186 valence electrons. The highest BCUT2D eigenvalue weighted by atomic mass is 16.7. The Kier molecular flexibility index (Phi) is 10.3. The van der Waals surface area contributed by atoms with E-state index in [0.717, 1.165) is 0 Å². The second kappa shape index (κ2) is 12.7. The Morgan fingerprint density at radius 3 is 2.42 bits per heavy atom. The van der Waals surface area contributed by atoms with Crippen molar-refractivity contribution < 1.29 is 53.4 Å². The molecule has 0 spiro atoms. The number of rotatable bonds is 12. The average Bonchev–Trinajstić information content (AvgIpc) is 3.01. The van der Waals surface area contributed by atoms with Gasteiger partial charge in [0.15, 0.2) is 6.29 Å². The van der Waals surface area contributed by atoms with Crippen LogP contribution >= 0.6 is 0 Å². The minimum absolute atomic E-state index is 0.0131. The zero-order valence-electron chi connectivity index (χ0n) is 18.4. The lowest BCUT2D eigenvalue weighted by atomic mass is 9.97. The van der Waals surface area contributed by atoms with E-state index in [1.807, 2.05) is 0 Å². The average molecular weight is 474 g/mol. The first-order valence-corrected chi connectivity index (χ1v) is 10.5. The number of carbonyl (C=O) groups is 4. The van der Waals surface area contributed by atoms with E-state index >= 15 is 0 Å². The SMILES string of the molecule is CC(=O)N[C@@H]1[C@@H](OCCOCCNC(=O)CCC2=C(C)C(=O)OC2=O)O[C@@H](CO)[C@@H](O)[C@H]1O. The van der Waals surface area contributed by atoms with Crippen LogP contribution in [-0.4, -0.2) is 103 Å². The van der Waals surface area contributed by atoms with Crippen molar-refractivity contribution in [1.29, 1.82) is 0 Å². The van der Waals surface area contributed by atoms with Crippen molar-refractivity contribution in [2.75, 3.05) is 33.0 Å². The summed E-state index contributed by atoms with van der Waals surface area (Å²) in [6, 6.07) is -1.04. The predicted molar refractivity (Wildman–Crippen MR) is 108 cm³/mol. The molecule has 0 aromatic heterocycles. The summed E-state index contributed by atoms with van der Waals surface area (Å²) >= 11 is 0. The van der Waals surface area contributed by atoms with E-state index in [2.05, 4.69) is 15.4 Å². The van der Waals surface area contributed by atoms with Gasteiger partial charge in [-0.1, -0.05) is 0 Å². The van der Waals surface area contributed by atoms with Crippen LogP contribution in [0, 0.1) is 0 Å². The molecule has 0 bridgehead atoms. The van der Waals surface area contributed by atoms with Gasteiger partial charge >= 0.3 is 11.9 Å². The Bertz CT molecular complexity index is 769. The minimum Gasteiger partial charge on any atom is -0.394 e. The standard InChI is InChI=1S/C20H30N2O11/c1-10-12(19(29)33-18(10)28)3-4-14(25)21-5-6-30-7-8-31-20-15(22-11(2)24)17(27)16(26)13(9-23)32-20/h13,15-17,20,23,26-27H,3-9H2,1-2H3,(H,21,25)(H,22,24)/t13-,15-,16+,17-,20-/m0/s1. The lowest BCUT2D eigenvalue weighted by molar-refractivity contribution is -0.272. The highest BCUT2D eigenvalue weighted by Gasteiger charge is 2.45. The molecule has 0 aliphatic carbocycles. The maximum absolute atomic E-state index is 11.9. The van der Waals surface area contributed by atoms with Gasteiger partial charge in [0.05, 0.1) is 26.4 Å². The van der Waals surface area contributed by atoms with Gasteiger partial charge in [-0.05, 0) is 13.3 Å². The van der Waals surface area contributed by atoms with E-state index < -0.39 is 55.1 Å². The van der Waals surface area contributed by atoms with Crippen LogP contribution in [0.3, 0.4) is 0 Å². The lowest BCUT2D eigenvalue weighted by Crippen LogP contribution is -2.64. The Labute approximate surface area is 190 Å². The molecule has 0 radical (unpaired) electrons. The Balaban J connectivity index is 1.64. The first kappa shape index (κ1) is 26.8. The number of aliphatic hydroxyl groups is 3. The number of carbonyl (C=O) groups excluding carboxylic acids is 4. The Morgan fingerprint density at radius 2 is 1.82 bits per heavy atom. The van der Waals surface area contributed by atoms with Gasteiger partial charge in [0, 0.05) is 31.0 Å². The fourth-order valence-electron chi connectivity index (χ4n) is 3.32. The van der Waals surface area contributed by atoms with Gasteiger partial charge in [-0.15, -0.1) is 0 Å². The fourth-order valence-corrected chi connectivity index (χ4v) is 3.32. The zero-order chi connectivity index (χ0) is 24.5. The van der Waals surface area contributed by atoms with Crippen LogP contribution in [0.25, 0.3) is 0 Å². The maximum Gasteiger partial charge on any atom is 0.342 e. The van der Waals surface area contributed by atoms with Crippen molar-refractivity contribution >= 4 is 23.8 Å². The predicted octanol–water partition coefficient (Wildman–Crippen LogP) is -2.74. The second-order valence-electron chi connectivity index (χ2n) is 7.55. The molecule has 5 N–H and O–H groups in total. The van der Waals surface area contributed by atoms with E-state index in [0.29, 0.717) is 0 Å². The van der Waals surface area contributed by atoms with Crippen molar-refractivity contribution in [2.45, 2.75) is 57.3 Å². The molecule has 0 aromatic carbocycles. The first-order valence-electron chi connectivity index (χ1n) is 10.5. The van der Waals surface area contributed by atoms with Crippen LogP contribution in [0.4, 0.5) is 0 Å². The molecule has 0 aromatic rings. The molecule has 5 atom stereocenters. The van der Waals surface area contributed by atoms with Gasteiger partial charge in [0.25, 0.3) is 0 Å². The van der Waals surface area contributed by atoms with E-state index in [1.165, 1.54) is 13.8 Å². The topological polar surface area (TPSA) is 190 Å². The third-order valence-electron chi connectivity index (χ3n) is 5.12. The summed E-state index contributed by atoms with van der Waals surface area (Å²) in [7, 11) is 0. The molecule has 33 heavy (non-hydrogen) atoms. The molecule has 1 saturated heterocycles. The molecule has 13 nitrogen and oxygen atoms in total. The molecule has 2 aliphatic heterocycles. The third kappa shape index (κ3) is 7.55. The van der Waals surface area contributed by atoms with Gasteiger partial charge in [0.2, 0.25) is 11.8 Å². The normalized spacial score (nSPS) is 27.5. The molecular formula is C20H30N2O11. The Morgan fingerprint density at radius 1 is 1.09 bits per heavy atom. The first-order chi connectivity index (χ1) is 15.6. The summed E-state index contributed by atoms with van der Waals surface area (Å²) in [5.74, 6) is -2.19. The summed E-state index contributed by atoms with van der Waals surface area (Å²) in [5, 5.41) is 34.5. The molecular weight excluding hydrogens is 444 g/mol. The molecule has 0 unspecified atom stereocenters. The summed E-state index contributed by atoms with van der Waals surface area (Å²) in [5.41, 5.74) is 0.415. The number of hydrogen-bond acceptors (Lipinski definition) is 11. The van der Waals surface area contributed by atoms with Gasteiger partial charge < -0.3 is 44.9 Å². The van der Waals surface area contributed by atoms with Gasteiger partial charge in [0.1, 0.15) is 24.4 Å². The second-order valence-corrected chi connectivity index (χ2v) is 7.55. The van der Waals surface area contributed by atoms with Crippen molar-refractivity contribution in [3.63, 3.8) is 0 Å². The summed E-state index contributed by atoms with van der Waals surface area (Å²) < 4.78 is 20.7. The monoisotopic (exact) mass is 474 g/mol. The van der Waals surface area contributed by atoms with E-state index in [9.17, 15) is 34.5 Å². The minimum atomic E-state index is -1.40. The van der Waals surface area contributed by atoms with Crippen LogP contribution in [0.15, 0.2) is 11.1 Å². The van der Waals surface area contributed by atoms with E-state index in [-0.39, 0.29) is 56.3 Å². The maximum atomic E-state index is 11.9. The molecule has 1 fully saturated rings. The summed E-state index contributed by atoms with van der Waals surface area (Å²) in [6.45, 7) is 2.65. The third-order valence-corrected chi connectivity index (χ3v) is 5.12. The number of nitrogens with one attached hydrogen (secondary N) is 2. The van der Waals surface area contributed by atoms with E-state index in [4.69, 9.17) is 14.2 Å². The van der Waals surface area contributed by atoms with Crippen LogP contribution in [0.1, 0.15) is 26.7 Å². The van der Waals surface area contributed by atoms with E-state index in [1.54, 1.807) is 0 Å². The largest absolute Gasteiger partial charge is 0.394 e. The smallest absolute Gasteiger partial charge is 0.342 e. The van der Waals surface area contributed by atoms with Crippen LogP contribution in [0.2, 0.25) is 0 Å². The van der Waals surface area contributed by atoms with Gasteiger partial charge in [-0.2, -0.15) is 0 Å². The summed E-state index contributed by atoms with van der Waals surface area (Å²) in [4.78, 5) is 46.0. The van der Waals surface area contributed by atoms with Crippen molar-refractivity contribution in [2.24, 2.45) is 0 Å². The molecule has 2 rings (SSSR count). The van der Waals surface area contributed by atoms with Gasteiger partial charge in [-0.25, -0.2) is 9.59 Å². The number of amides is 2. The molecule has 13 heteroatoms. The molecule has 2 amide bonds. The molecule has 0 saturated carbocycles. The van der Waals surface area contributed by atoms with Crippen LogP contribution < -0.4 is 10.6 Å². The summed E-state index contributed by atoms with van der Waals surface area (Å²) in [6.07, 6.45) is -4.86. The molecule has 2 heterocycles. The molecule has 2 aliphatic rings. The number of cyclic esters (lactones) is 2. The quantitative estimate of drug-likeness (QED) is 0.112. The van der Waals surface area contributed by atoms with Gasteiger partial charge in [-0.3, -0.25) is 9.59 Å². The Hall–Kier alpha value is -2.42. The lowest BCUT2D eigenvalue weighted by Gasteiger charge is -2.42. The number of aliphatic hydroxyl groups excluding tert-OH is 3. The van der Waals surface area contributed by atoms with Crippen molar-refractivity contribution in [3.8, 4) is 0 Å². The van der Waals surface area contributed by atoms with Crippen LogP contribution in [0.5, 0.6) is 0 Å². The highest BCUT2D eigenvalue weighted by molar-refractivity contribution is 6.12. The zero-order valence-corrected chi connectivity index (χ0v) is 18.4. The van der Waals surface area contributed by atoms with Crippen molar-refractivity contribution in [3.05, 3.63) is 11.1 Å². The highest BCUT2D eigenvalue weighted by Crippen LogP contribution is 2.22. The number of hydrogen-bond donors (Lipinski definition) is 5. The fraction of sp³-hybridized carbons (Fsp3) is 0.700. The number of ether oxygens (including phenoxy) is 4. The van der Waals surface area contributed by atoms with Crippen molar-refractivity contribution in [1.82, 2.24) is 10.6 Å². The van der Waals surface area contributed by atoms with Crippen LogP contribution in [-0.2, 0) is 38.1 Å². The number of esters is 2.